The van der Waals surface area contributed by atoms with Crippen LogP contribution in [0.15, 0.2) is 40.9 Å². The van der Waals surface area contributed by atoms with Crippen LogP contribution in [0.2, 0.25) is 0 Å². The zero-order valence-electron chi connectivity index (χ0n) is 14.2. The Morgan fingerprint density at radius 3 is 2.26 bits per heavy atom. The van der Waals surface area contributed by atoms with Gasteiger partial charge in [-0.3, -0.25) is 0 Å². The lowest BCUT2D eigenvalue weighted by molar-refractivity contribution is 0.300. The minimum Gasteiger partial charge on any atom is -0.489 e. The minimum atomic E-state index is 0.448. The number of alkyl halides is 1. The summed E-state index contributed by atoms with van der Waals surface area (Å²) in [6.45, 7) is 9.43. The molecule has 0 aliphatic heterocycles. The van der Waals surface area contributed by atoms with E-state index in [0.29, 0.717) is 18.4 Å². The molecule has 0 heterocycles. The topological polar surface area (TPSA) is 9.23 Å². The van der Waals surface area contributed by atoms with Gasteiger partial charge >= 0.3 is 0 Å². The Labute approximate surface area is 156 Å². The third-order valence-corrected chi connectivity index (χ3v) is 5.12. The van der Waals surface area contributed by atoms with Crippen molar-refractivity contribution in [2.45, 2.75) is 51.5 Å². The van der Waals surface area contributed by atoms with E-state index in [4.69, 9.17) is 4.74 Å². The van der Waals surface area contributed by atoms with Gasteiger partial charge in [0.25, 0.3) is 0 Å². The second-order valence-corrected chi connectivity index (χ2v) is 7.92. The van der Waals surface area contributed by atoms with E-state index in [-0.39, 0.29) is 0 Å². The van der Waals surface area contributed by atoms with Crippen LogP contribution in [0.5, 0.6) is 5.75 Å². The van der Waals surface area contributed by atoms with Crippen molar-refractivity contribution in [2.24, 2.45) is 0 Å². The molecule has 2 rings (SSSR count). The summed E-state index contributed by atoms with van der Waals surface area (Å²) in [5, 5.41) is 0.835. The average molecular weight is 440 g/mol. The lowest BCUT2D eigenvalue weighted by Gasteiger charge is -2.18. The molecule has 124 valence electrons. The molecular weight excluding hydrogens is 416 g/mol. The van der Waals surface area contributed by atoms with E-state index in [9.17, 15) is 0 Å². The molecule has 0 unspecified atom stereocenters. The van der Waals surface area contributed by atoms with Crippen molar-refractivity contribution in [2.75, 3.05) is 0 Å². The smallest absolute Gasteiger partial charge is 0.123 e. The molecule has 0 N–H and O–H groups in total. The van der Waals surface area contributed by atoms with Crippen LogP contribution in [0, 0.1) is 0 Å². The number of ether oxygens (including phenoxy) is 1. The molecule has 0 amide bonds. The van der Waals surface area contributed by atoms with Crippen molar-refractivity contribution in [3.05, 3.63) is 63.1 Å². The molecule has 0 aliphatic carbocycles. The van der Waals surface area contributed by atoms with Gasteiger partial charge < -0.3 is 4.74 Å². The first kappa shape index (κ1) is 18.5. The molecule has 0 saturated carbocycles. The minimum absolute atomic E-state index is 0.448. The second kappa shape index (κ2) is 8.34. The average Bonchev–Trinajstić information content (AvgIpc) is 2.52. The summed E-state index contributed by atoms with van der Waals surface area (Å²) in [7, 11) is 0. The van der Waals surface area contributed by atoms with Crippen molar-refractivity contribution in [1.82, 2.24) is 0 Å². The third-order valence-electron chi connectivity index (χ3n) is 4.02. The van der Waals surface area contributed by atoms with Gasteiger partial charge in [0.1, 0.15) is 12.4 Å². The maximum Gasteiger partial charge on any atom is 0.123 e. The molecule has 0 fully saturated rings. The van der Waals surface area contributed by atoms with Gasteiger partial charge in [0.15, 0.2) is 0 Å². The fourth-order valence-electron chi connectivity index (χ4n) is 2.53. The van der Waals surface area contributed by atoms with Gasteiger partial charge in [-0.2, -0.15) is 0 Å². The summed E-state index contributed by atoms with van der Waals surface area (Å²) in [6, 6.07) is 13.0. The van der Waals surface area contributed by atoms with Crippen LogP contribution in [-0.4, -0.2) is 0 Å². The van der Waals surface area contributed by atoms with E-state index >= 15 is 0 Å². The first-order valence-corrected chi connectivity index (χ1v) is 9.93. The SMILES string of the molecule is CC(C)c1ccc(C(C)C)c(OCc2cc(Br)ccc2CBr)c1. The van der Waals surface area contributed by atoms with Crippen molar-refractivity contribution >= 4 is 31.9 Å². The summed E-state index contributed by atoms with van der Waals surface area (Å²) < 4.78 is 7.32. The largest absolute Gasteiger partial charge is 0.489 e. The number of halogens is 2. The zero-order valence-corrected chi connectivity index (χ0v) is 17.4. The molecule has 0 atom stereocenters. The first-order valence-electron chi connectivity index (χ1n) is 8.02. The Morgan fingerprint density at radius 2 is 1.65 bits per heavy atom. The predicted molar refractivity (Wildman–Crippen MR) is 106 cm³/mol. The molecule has 0 saturated heterocycles. The van der Waals surface area contributed by atoms with Gasteiger partial charge in [0, 0.05) is 9.80 Å². The maximum absolute atomic E-state index is 6.23. The highest BCUT2D eigenvalue weighted by molar-refractivity contribution is 9.10. The van der Waals surface area contributed by atoms with E-state index in [1.54, 1.807) is 0 Å². The highest BCUT2D eigenvalue weighted by Gasteiger charge is 2.12. The molecule has 1 nitrogen and oxygen atoms in total. The van der Waals surface area contributed by atoms with Crippen molar-refractivity contribution in [3.8, 4) is 5.75 Å². The summed E-state index contributed by atoms with van der Waals surface area (Å²) in [4.78, 5) is 0. The van der Waals surface area contributed by atoms with Crippen molar-refractivity contribution in [1.29, 1.82) is 0 Å². The summed E-state index contributed by atoms with van der Waals surface area (Å²) >= 11 is 7.11. The Morgan fingerprint density at radius 1 is 0.913 bits per heavy atom. The molecule has 23 heavy (non-hydrogen) atoms. The number of rotatable bonds is 6. The van der Waals surface area contributed by atoms with Crippen LogP contribution >= 0.6 is 31.9 Å². The monoisotopic (exact) mass is 438 g/mol. The Bertz CT molecular complexity index is 663. The van der Waals surface area contributed by atoms with Crippen LogP contribution in [0.25, 0.3) is 0 Å². The van der Waals surface area contributed by atoms with Crippen LogP contribution < -0.4 is 4.74 Å². The summed E-state index contributed by atoms with van der Waals surface area (Å²) in [5.74, 6) is 1.96. The maximum atomic E-state index is 6.23. The molecule has 0 bridgehead atoms. The quantitative estimate of drug-likeness (QED) is 0.433. The highest BCUT2D eigenvalue weighted by atomic mass is 79.9. The third kappa shape index (κ3) is 4.84. The zero-order chi connectivity index (χ0) is 17.0. The van der Waals surface area contributed by atoms with Crippen LogP contribution in [0.3, 0.4) is 0 Å². The van der Waals surface area contributed by atoms with E-state index in [2.05, 4.69) is 96.0 Å². The van der Waals surface area contributed by atoms with Crippen LogP contribution in [-0.2, 0) is 11.9 Å². The van der Waals surface area contributed by atoms with Crippen LogP contribution in [0.1, 0.15) is 61.8 Å². The number of hydrogen-bond donors (Lipinski definition) is 0. The van der Waals surface area contributed by atoms with Crippen LogP contribution in [0.4, 0.5) is 0 Å². The van der Waals surface area contributed by atoms with Gasteiger partial charge in [0.2, 0.25) is 0 Å². The molecule has 0 aromatic heterocycles. The van der Waals surface area contributed by atoms with Crippen molar-refractivity contribution in [3.63, 3.8) is 0 Å². The standard InChI is InChI=1S/C20H24Br2O/c1-13(2)15-6-8-19(14(3)4)20(10-15)23-12-17-9-18(22)7-5-16(17)11-21/h5-10,13-14H,11-12H2,1-4H3. The summed E-state index contributed by atoms with van der Waals surface area (Å²) in [5.41, 5.74) is 5.06. The summed E-state index contributed by atoms with van der Waals surface area (Å²) in [6.07, 6.45) is 0. The van der Waals surface area contributed by atoms with E-state index in [1.807, 2.05) is 0 Å². The molecule has 0 radical (unpaired) electrons. The lowest BCUT2D eigenvalue weighted by Crippen LogP contribution is -2.03. The van der Waals surface area contributed by atoms with Gasteiger partial charge in [-0.25, -0.2) is 0 Å². The molecule has 2 aromatic rings. The number of benzene rings is 2. The second-order valence-electron chi connectivity index (χ2n) is 6.44. The van der Waals surface area contributed by atoms with Crippen molar-refractivity contribution < 1.29 is 4.74 Å². The van der Waals surface area contributed by atoms with E-state index in [1.165, 1.54) is 22.3 Å². The fraction of sp³-hybridized carbons (Fsp3) is 0.400. The van der Waals surface area contributed by atoms with E-state index in [0.717, 1.165) is 15.6 Å². The molecule has 2 aromatic carbocycles. The van der Waals surface area contributed by atoms with Gasteiger partial charge in [-0.1, -0.05) is 77.8 Å². The molecular formula is C20H24Br2O. The Hall–Kier alpha value is -0.800. The molecule has 3 heteroatoms. The van der Waals surface area contributed by atoms with E-state index < -0.39 is 0 Å². The fourth-order valence-corrected chi connectivity index (χ4v) is 3.48. The van der Waals surface area contributed by atoms with Gasteiger partial charge in [-0.15, -0.1) is 0 Å². The number of hydrogen-bond acceptors (Lipinski definition) is 1. The molecule has 0 aliphatic rings. The predicted octanol–water partition coefficient (Wildman–Crippen LogP) is 7.17. The highest BCUT2D eigenvalue weighted by Crippen LogP contribution is 2.31. The lowest BCUT2D eigenvalue weighted by atomic mass is 9.96. The van der Waals surface area contributed by atoms with Gasteiger partial charge in [0.05, 0.1) is 0 Å². The molecule has 0 spiro atoms. The Balaban J connectivity index is 2.28. The van der Waals surface area contributed by atoms with Gasteiger partial charge in [-0.05, 0) is 52.3 Å². The first-order chi connectivity index (χ1) is 10.9. The Kier molecular flexibility index (Phi) is 6.72. The normalized spacial score (nSPS) is 11.3.